The third-order valence-corrected chi connectivity index (χ3v) is 2.95. The molecule has 0 spiro atoms. The minimum atomic E-state index is -0.952. The Bertz CT molecular complexity index is 574. The highest BCUT2D eigenvalue weighted by Crippen LogP contribution is 2.04. The maximum atomic E-state index is 11.7. The predicted molar refractivity (Wildman–Crippen MR) is 74.3 cm³/mol. The van der Waals surface area contributed by atoms with Gasteiger partial charge in [0.1, 0.15) is 0 Å². The summed E-state index contributed by atoms with van der Waals surface area (Å²) < 4.78 is 1.95. The minimum absolute atomic E-state index is 0.0268. The maximum Gasteiger partial charge on any atom is 0.335 e. The van der Waals surface area contributed by atoms with Crippen molar-refractivity contribution in [2.24, 2.45) is 0 Å². The first kappa shape index (κ1) is 13.9. The molecule has 5 nitrogen and oxygen atoms in total. The molecule has 0 fully saturated rings. The summed E-state index contributed by atoms with van der Waals surface area (Å²) in [6.45, 7) is 1.06. The van der Waals surface area contributed by atoms with Gasteiger partial charge in [-0.2, -0.15) is 0 Å². The van der Waals surface area contributed by atoms with Crippen LogP contribution < -0.4 is 5.32 Å². The first-order valence-corrected chi connectivity index (χ1v) is 6.35. The van der Waals surface area contributed by atoms with E-state index in [0.29, 0.717) is 19.5 Å². The van der Waals surface area contributed by atoms with Crippen molar-refractivity contribution < 1.29 is 14.7 Å². The molecule has 1 heterocycles. The van der Waals surface area contributed by atoms with Crippen molar-refractivity contribution >= 4 is 11.9 Å². The number of rotatable bonds is 6. The molecule has 1 aromatic heterocycles. The van der Waals surface area contributed by atoms with Gasteiger partial charge >= 0.3 is 5.97 Å². The summed E-state index contributed by atoms with van der Waals surface area (Å²) in [7, 11) is 0. The Morgan fingerprint density at radius 1 is 1.10 bits per heavy atom. The number of aromatic nitrogens is 1. The van der Waals surface area contributed by atoms with Gasteiger partial charge in [-0.25, -0.2) is 4.79 Å². The average molecular weight is 272 g/mol. The van der Waals surface area contributed by atoms with Gasteiger partial charge in [0.25, 0.3) is 0 Å². The molecule has 0 aliphatic carbocycles. The van der Waals surface area contributed by atoms with E-state index in [4.69, 9.17) is 5.11 Å². The highest BCUT2D eigenvalue weighted by Gasteiger charge is 2.04. The van der Waals surface area contributed by atoms with Crippen LogP contribution in [0.15, 0.2) is 48.8 Å². The number of carboxylic acid groups (broad SMARTS) is 1. The van der Waals surface area contributed by atoms with E-state index in [1.165, 1.54) is 12.1 Å². The van der Waals surface area contributed by atoms with E-state index < -0.39 is 5.97 Å². The number of aryl methyl sites for hydroxylation is 1. The van der Waals surface area contributed by atoms with Crippen LogP contribution in [0.3, 0.4) is 0 Å². The van der Waals surface area contributed by atoms with Crippen molar-refractivity contribution in [2.75, 3.05) is 0 Å². The molecule has 0 bridgehead atoms. The number of amides is 1. The molecule has 2 N–H and O–H groups in total. The van der Waals surface area contributed by atoms with Gasteiger partial charge in [0, 0.05) is 31.9 Å². The Kier molecular flexibility index (Phi) is 4.55. The average Bonchev–Trinajstić information content (AvgIpc) is 2.96. The molecule has 1 amide bonds. The molecule has 0 aliphatic heterocycles. The first-order valence-electron chi connectivity index (χ1n) is 6.35. The molecule has 104 valence electrons. The van der Waals surface area contributed by atoms with Crippen molar-refractivity contribution in [1.82, 2.24) is 9.88 Å². The van der Waals surface area contributed by atoms with Crippen molar-refractivity contribution in [3.63, 3.8) is 0 Å². The Labute approximate surface area is 116 Å². The van der Waals surface area contributed by atoms with Crippen molar-refractivity contribution in [3.05, 3.63) is 59.9 Å². The number of hydrogen-bond acceptors (Lipinski definition) is 2. The topological polar surface area (TPSA) is 71.3 Å². The molecule has 2 aromatic rings. The summed E-state index contributed by atoms with van der Waals surface area (Å²) in [5.41, 5.74) is 1.12. The molecule has 0 saturated heterocycles. The van der Waals surface area contributed by atoms with E-state index in [0.717, 1.165) is 5.56 Å². The lowest BCUT2D eigenvalue weighted by Gasteiger charge is -2.06. The van der Waals surface area contributed by atoms with Gasteiger partial charge in [-0.1, -0.05) is 12.1 Å². The first-order chi connectivity index (χ1) is 9.65. The van der Waals surface area contributed by atoms with E-state index >= 15 is 0 Å². The number of benzene rings is 1. The lowest BCUT2D eigenvalue weighted by atomic mass is 10.1. The number of carboxylic acids is 1. The number of nitrogens with zero attached hydrogens (tertiary/aromatic N) is 1. The molecular formula is C15H16N2O3. The van der Waals surface area contributed by atoms with Gasteiger partial charge in [-0.05, 0) is 29.8 Å². The molecule has 0 unspecified atom stereocenters. The Balaban J connectivity index is 1.76. The number of nitrogens with one attached hydrogen (secondary N) is 1. The molecule has 0 aliphatic rings. The summed E-state index contributed by atoms with van der Waals surface area (Å²) in [6, 6.07) is 10.3. The SMILES string of the molecule is O=C(CCn1cccc1)NCc1ccc(C(=O)O)cc1. The van der Waals surface area contributed by atoms with E-state index in [2.05, 4.69) is 5.32 Å². The zero-order chi connectivity index (χ0) is 14.4. The van der Waals surface area contributed by atoms with Gasteiger partial charge in [0.05, 0.1) is 5.56 Å². The standard InChI is InChI=1S/C15H16N2O3/c18-14(7-10-17-8-1-2-9-17)16-11-12-3-5-13(6-4-12)15(19)20/h1-6,8-9H,7,10-11H2,(H,16,18)(H,19,20). The second-order valence-corrected chi connectivity index (χ2v) is 4.45. The van der Waals surface area contributed by atoms with Gasteiger partial charge in [0.2, 0.25) is 5.91 Å². The number of hydrogen-bond donors (Lipinski definition) is 2. The van der Waals surface area contributed by atoms with E-state index in [1.807, 2.05) is 29.1 Å². The third kappa shape index (κ3) is 3.98. The monoisotopic (exact) mass is 272 g/mol. The normalized spacial score (nSPS) is 10.2. The van der Waals surface area contributed by atoms with Crippen molar-refractivity contribution in [3.8, 4) is 0 Å². The molecule has 2 rings (SSSR count). The molecule has 1 aromatic carbocycles. The highest BCUT2D eigenvalue weighted by atomic mass is 16.4. The predicted octanol–water partition coefficient (Wildman–Crippen LogP) is 1.89. The summed E-state index contributed by atoms with van der Waals surface area (Å²) in [4.78, 5) is 22.4. The summed E-state index contributed by atoms with van der Waals surface area (Å²) in [5.74, 6) is -0.978. The fourth-order valence-electron chi connectivity index (χ4n) is 1.80. The molecule has 0 radical (unpaired) electrons. The molecule has 20 heavy (non-hydrogen) atoms. The fraction of sp³-hybridized carbons (Fsp3) is 0.200. The van der Waals surface area contributed by atoms with Crippen LogP contribution >= 0.6 is 0 Å². The van der Waals surface area contributed by atoms with Crippen LogP contribution in [0.5, 0.6) is 0 Å². The lowest BCUT2D eigenvalue weighted by Crippen LogP contribution is -2.23. The van der Waals surface area contributed by atoms with E-state index in [9.17, 15) is 9.59 Å². The smallest absolute Gasteiger partial charge is 0.335 e. The van der Waals surface area contributed by atoms with Gasteiger partial charge in [0.15, 0.2) is 0 Å². The number of aromatic carboxylic acids is 1. The Morgan fingerprint density at radius 2 is 1.75 bits per heavy atom. The van der Waals surface area contributed by atoms with Gasteiger partial charge in [-0.3, -0.25) is 4.79 Å². The molecular weight excluding hydrogens is 256 g/mol. The third-order valence-electron chi connectivity index (χ3n) is 2.95. The fourth-order valence-corrected chi connectivity index (χ4v) is 1.80. The van der Waals surface area contributed by atoms with Gasteiger partial charge < -0.3 is 15.0 Å². The van der Waals surface area contributed by atoms with Crippen LogP contribution in [0.25, 0.3) is 0 Å². The van der Waals surface area contributed by atoms with Crippen LogP contribution in [0, 0.1) is 0 Å². The zero-order valence-corrected chi connectivity index (χ0v) is 11.0. The summed E-state index contributed by atoms with van der Waals surface area (Å²) in [5, 5.41) is 11.6. The van der Waals surface area contributed by atoms with Gasteiger partial charge in [-0.15, -0.1) is 0 Å². The van der Waals surface area contributed by atoms with Crippen LogP contribution in [0.2, 0.25) is 0 Å². The van der Waals surface area contributed by atoms with Crippen molar-refractivity contribution in [1.29, 1.82) is 0 Å². The van der Waals surface area contributed by atoms with E-state index in [-0.39, 0.29) is 11.5 Å². The van der Waals surface area contributed by atoms with Crippen LogP contribution in [0.4, 0.5) is 0 Å². The number of carbonyl (C=O) groups excluding carboxylic acids is 1. The van der Waals surface area contributed by atoms with Crippen molar-refractivity contribution in [2.45, 2.75) is 19.5 Å². The summed E-state index contributed by atoms with van der Waals surface area (Å²) in [6.07, 6.45) is 4.25. The molecule has 5 heteroatoms. The summed E-state index contributed by atoms with van der Waals surface area (Å²) >= 11 is 0. The molecule has 0 atom stereocenters. The van der Waals surface area contributed by atoms with E-state index in [1.54, 1.807) is 12.1 Å². The lowest BCUT2D eigenvalue weighted by molar-refractivity contribution is -0.121. The van der Waals surface area contributed by atoms with Crippen LogP contribution in [-0.2, 0) is 17.9 Å². The zero-order valence-electron chi connectivity index (χ0n) is 11.0. The molecule has 0 saturated carbocycles. The largest absolute Gasteiger partial charge is 0.478 e. The minimum Gasteiger partial charge on any atom is -0.478 e. The second kappa shape index (κ2) is 6.56. The van der Waals surface area contributed by atoms with Crippen LogP contribution in [-0.4, -0.2) is 21.6 Å². The quantitative estimate of drug-likeness (QED) is 0.843. The Morgan fingerprint density at radius 3 is 2.35 bits per heavy atom. The maximum absolute atomic E-state index is 11.7. The Hall–Kier alpha value is -2.56. The van der Waals surface area contributed by atoms with Crippen LogP contribution in [0.1, 0.15) is 22.3 Å². The second-order valence-electron chi connectivity index (χ2n) is 4.45. The highest BCUT2D eigenvalue weighted by molar-refractivity contribution is 5.87. The number of carbonyl (C=O) groups is 2.